The van der Waals surface area contributed by atoms with Crippen LogP contribution in [0.2, 0.25) is 0 Å². The van der Waals surface area contributed by atoms with E-state index >= 15 is 0 Å². The number of nitrogen functional groups attached to an aromatic ring is 1. The number of hydrogen-bond donors (Lipinski definition) is 1. The van der Waals surface area contributed by atoms with Crippen molar-refractivity contribution in [3.63, 3.8) is 0 Å². The first-order chi connectivity index (χ1) is 9.38. The molecule has 0 aromatic heterocycles. The molecule has 0 atom stereocenters. The number of anilines is 1. The Morgan fingerprint density at radius 1 is 1.05 bits per heavy atom. The van der Waals surface area contributed by atoms with Crippen molar-refractivity contribution in [3.05, 3.63) is 58.1 Å². The first kappa shape index (κ1) is 14.9. The molecule has 0 amide bonds. The minimum atomic E-state index is 0.173. The van der Waals surface area contributed by atoms with Gasteiger partial charge < -0.3 is 10.5 Å². The van der Waals surface area contributed by atoms with Gasteiger partial charge >= 0.3 is 0 Å². The molecule has 2 N–H and O–H groups in total. The monoisotopic (exact) mass is 333 g/mol. The molecule has 0 bridgehead atoms. The summed E-state index contributed by atoms with van der Waals surface area (Å²) in [6.45, 7) is 7.14. The van der Waals surface area contributed by atoms with Gasteiger partial charge in [0, 0.05) is 0 Å². The average Bonchev–Trinajstić information content (AvgIpc) is 2.37. The van der Waals surface area contributed by atoms with Crippen molar-refractivity contribution < 1.29 is 4.74 Å². The molecule has 2 aromatic rings. The zero-order valence-corrected chi connectivity index (χ0v) is 13.7. The fraction of sp³-hybridized carbons (Fsp3) is 0.294. The molecule has 106 valence electrons. The van der Waals surface area contributed by atoms with Crippen LogP contribution >= 0.6 is 15.9 Å². The van der Waals surface area contributed by atoms with Crippen molar-refractivity contribution in [3.8, 4) is 5.75 Å². The second kappa shape index (κ2) is 5.88. The van der Waals surface area contributed by atoms with Crippen LogP contribution in [0.15, 0.2) is 46.9 Å². The molecule has 0 aliphatic rings. The van der Waals surface area contributed by atoms with Crippen molar-refractivity contribution in [2.45, 2.75) is 32.8 Å². The zero-order chi connectivity index (χ0) is 14.8. The van der Waals surface area contributed by atoms with Gasteiger partial charge in [-0.15, -0.1) is 0 Å². The van der Waals surface area contributed by atoms with Gasteiger partial charge in [-0.2, -0.15) is 0 Å². The first-order valence-corrected chi connectivity index (χ1v) is 7.43. The Balaban J connectivity index is 2.08. The van der Waals surface area contributed by atoms with Gasteiger partial charge in [0.1, 0.15) is 6.61 Å². The van der Waals surface area contributed by atoms with Gasteiger partial charge in [0.05, 0.1) is 10.2 Å². The number of benzene rings is 2. The lowest BCUT2D eigenvalue weighted by Crippen LogP contribution is -2.10. The fourth-order valence-corrected chi connectivity index (χ4v) is 2.43. The highest BCUT2D eigenvalue weighted by atomic mass is 79.9. The maximum Gasteiger partial charge on any atom is 0.156 e. The number of ether oxygens (including phenoxy) is 1. The Hall–Kier alpha value is -1.48. The highest BCUT2D eigenvalue weighted by Gasteiger charge is 2.13. The van der Waals surface area contributed by atoms with Crippen LogP contribution in [-0.2, 0) is 12.0 Å². The second-order valence-electron chi connectivity index (χ2n) is 5.89. The minimum Gasteiger partial charge on any atom is -0.486 e. The molecule has 0 fully saturated rings. The van der Waals surface area contributed by atoms with E-state index in [-0.39, 0.29) is 5.41 Å². The van der Waals surface area contributed by atoms with E-state index in [4.69, 9.17) is 10.5 Å². The summed E-state index contributed by atoms with van der Waals surface area (Å²) in [4.78, 5) is 0. The average molecular weight is 334 g/mol. The van der Waals surface area contributed by atoms with Crippen molar-refractivity contribution >= 4 is 21.6 Å². The molecule has 2 aromatic carbocycles. The molecular formula is C17H20BrNO. The number of para-hydroxylation sites is 1. The molecule has 0 spiro atoms. The Labute approximate surface area is 129 Å². The van der Waals surface area contributed by atoms with Crippen LogP contribution in [0.1, 0.15) is 31.9 Å². The Bertz CT molecular complexity index is 565. The second-order valence-corrected chi connectivity index (χ2v) is 6.75. The van der Waals surface area contributed by atoms with E-state index in [2.05, 4.69) is 61.0 Å². The molecule has 20 heavy (non-hydrogen) atoms. The normalized spacial score (nSPS) is 11.4. The summed E-state index contributed by atoms with van der Waals surface area (Å²) >= 11 is 3.45. The van der Waals surface area contributed by atoms with E-state index in [1.54, 1.807) is 0 Å². The van der Waals surface area contributed by atoms with Crippen LogP contribution in [0.4, 0.5) is 5.69 Å². The predicted octanol–water partition coefficient (Wildman–Crippen LogP) is 4.91. The van der Waals surface area contributed by atoms with Crippen molar-refractivity contribution in [1.29, 1.82) is 0 Å². The summed E-state index contributed by atoms with van der Waals surface area (Å²) in [5.74, 6) is 0.701. The van der Waals surface area contributed by atoms with E-state index in [0.29, 0.717) is 18.0 Å². The third-order valence-electron chi connectivity index (χ3n) is 3.20. The molecule has 0 heterocycles. The maximum absolute atomic E-state index is 5.91. The van der Waals surface area contributed by atoms with E-state index in [0.717, 1.165) is 10.0 Å². The van der Waals surface area contributed by atoms with Crippen LogP contribution in [0, 0.1) is 0 Å². The molecule has 0 aliphatic heterocycles. The van der Waals surface area contributed by atoms with Crippen LogP contribution in [0.5, 0.6) is 5.75 Å². The van der Waals surface area contributed by atoms with Gasteiger partial charge in [-0.1, -0.05) is 51.1 Å². The van der Waals surface area contributed by atoms with E-state index in [9.17, 15) is 0 Å². The summed E-state index contributed by atoms with van der Waals surface area (Å²) < 4.78 is 6.69. The number of nitrogens with two attached hydrogens (primary N) is 1. The quantitative estimate of drug-likeness (QED) is 0.810. The summed E-state index contributed by atoms with van der Waals surface area (Å²) in [5.41, 5.74) is 9.18. The van der Waals surface area contributed by atoms with E-state index in [1.165, 1.54) is 5.56 Å². The van der Waals surface area contributed by atoms with Gasteiger partial charge in [-0.3, -0.25) is 0 Å². The molecule has 0 radical (unpaired) electrons. The summed E-state index contributed by atoms with van der Waals surface area (Å²) in [6, 6.07) is 14.2. The summed E-state index contributed by atoms with van der Waals surface area (Å²) in [6.07, 6.45) is 0. The van der Waals surface area contributed by atoms with Gasteiger partial charge in [0.25, 0.3) is 0 Å². The van der Waals surface area contributed by atoms with Crippen LogP contribution in [0.25, 0.3) is 0 Å². The van der Waals surface area contributed by atoms with Crippen LogP contribution < -0.4 is 10.5 Å². The lowest BCUT2D eigenvalue weighted by atomic mass is 9.87. The summed E-state index contributed by atoms with van der Waals surface area (Å²) in [7, 11) is 0. The Morgan fingerprint density at radius 3 is 2.25 bits per heavy atom. The molecule has 0 saturated heterocycles. The standard InChI is InChI=1S/C17H20BrNO/c1-17(2,3)13-9-7-12(8-10-13)11-20-16-14(18)5-4-6-15(16)19/h4-10H,11,19H2,1-3H3. The highest BCUT2D eigenvalue weighted by molar-refractivity contribution is 9.10. The number of halogens is 1. The topological polar surface area (TPSA) is 35.2 Å². The lowest BCUT2D eigenvalue weighted by molar-refractivity contribution is 0.306. The third kappa shape index (κ3) is 3.54. The van der Waals surface area contributed by atoms with Crippen molar-refractivity contribution in [2.75, 3.05) is 5.73 Å². The minimum absolute atomic E-state index is 0.173. The third-order valence-corrected chi connectivity index (χ3v) is 3.83. The zero-order valence-electron chi connectivity index (χ0n) is 12.1. The first-order valence-electron chi connectivity index (χ1n) is 6.64. The van der Waals surface area contributed by atoms with Gasteiger partial charge in [0.15, 0.2) is 5.75 Å². The van der Waals surface area contributed by atoms with Crippen LogP contribution in [-0.4, -0.2) is 0 Å². The molecular weight excluding hydrogens is 314 g/mol. The maximum atomic E-state index is 5.91. The highest BCUT2D eigenvalue weighted by Crippen LogP contribution is 2.31. The molecule has 2 rings (SSSR count). The lowest BCUT2D eigenvalue weighted by Gasteiger charge is -2.19. The Morgan fingerprint density at radius 2 is 1.70 bits per heavy atom. The number of hydrogen-bond acceptors (Lipinski definition) is 2. The summed E-state index contributed by atoms with van der Waals surface area (Å²) in [5, 5.41) is 0. The van der Waals surface area contributed by atoms with Gasteiger partial charge in [-0.05, 0) is 44.6 Å². The number of rotatable bonds is 3. The van der Waals surface area contributed by atoms with Crippen molar-refractivity contribution in [1.82, 2.24) is 0 Å². The smallest absolute Gasteiger partial charge is 0.156 e. The van der Waals surface area contributed by atoms with Gasteiger partial charge in [0.2, 0.25) is 0 Å². The molecule has 0 unspecified atom stereocenters. The molecule has 3 heteroatoms. The molecule has 0 aliphatic carbocycles. The van der Waals surface area contributed by atoms with Crippen molar-refractivity contribution in [2.24, 2.45) is 0 Å². The SMILES string of the molecule is CC(C)(C)c1ccc(COc2c(N)cccc2Br)cc1. The molecule has 0 saturated carbocycles. The van der Waals surface area contributed by atoms with E-state index < -0.39 is 0 Å². The Kier molecular flexibility index (Phi) is 4.39. The largest absolute Gasteiger partial charge is 0.486 e. The van der Waals surface area contributed by atoms with Gasteiger partial charge in [-0.25, -0.2) is 0 Å². The van der Waals surface area contributed by atoms with Crippen LogP contribution in [0.3, 0.4) is 0 Å². The fourth-order valence-electron chi connectivity index (χ4n) is 1.93. The molecule has 2 nitrogen and oxygen atoms in total. The predicted molar refractivity (Wildman–Crippen MR) is 88.0 cm³/mol. The van der Waals surface area contributed by atoms with E-state index in [1.807, 2.05) is 18.2 Å².